The second-order valence-corrected chi connectivity index (χ2v) is 5.66. The number of aromatic nitrogens is 1. The molecule has 0 N–H and O–H groups in total. The van der Waals surface area contributed by atoms with Crippen LogP contribution in [0.4, 0.5) is 5.13 Å². The van der Waals surface area contributed by atoms with Gasteiger partial charge in [0.25, 0.3) is 0 Å². The number of anilines is 1. The maximum absolute atomic E-state index is 4.42. The van der Waals surface area contributed by atoms with E-state index in [0.717, 1.165) is 23.8 Å². The summed E-state index contributed by atoms with van der Waals surface area (Å²) in [5.74, 6) is 0. The molecule has 0 fully saturated rings. The first-order valence-corrected chi connectivity index (χ1v) is 6.16. The van der Waals surface area contributed by atoms with Gasteiger partial charge < -0.3 is 4.90 Å². The monoisotopic (exact) mass is 262 g/mol. The Balaban J connectivity index is 2.44. The van der Waals surface area contributed by atoms with Gasteiger partial charge in [0.2, 0.25) is 0 Å². The van der Waals surface area contributed by atoms with Gasteiger partial charge in [0.15, 0.2) is 5.13 Å². The predicted molar refractivity (Wildman–Crippen MR) is 63.1 cm³/mol. The molecule has 0 saturated carbocycles. The summed E-state index contributed by atoms with van der Waals surface area (Å²) in [6.45, 7) is 5.25. The van der Waals surface area contributed by atoms with Gasteiger partial charge in [-0.1, -0.05) is 22.9 Å². The fourth-order valence-corrected chi connectivity index (χ4v) is 1.99. The van der Waals surface area contributed by atoms with E-state index in [-0.39, 0.29) is 0 Å². The molecular formula is C9H15BrN2S. The summed E-state index contributed by atoms with van der Waals surface area (Å²) >= 11 is 5.25. The normalized spacial score (nSPS) is 12.9. The Kier molecular flexibility index (Phi) is 4.19. The number of thiazole rings is 1. The quantitative estimate of drug-likeness (QED) is 0.776. The Hall–Kier alpha value is -0.0900. The molecule has 1 unspecified atom stereocenters. The van der Waals surface area contributed by atoms with Crippen LogP contribution in [0.25, 0.3) is 0 Å². The third-order valence-corrected chi connectivity index (χ3v) is 3.33. The standard InChI is InChI=1S/C9H15BrN2S/c1-7(10)4-5-12(3)9-11-8(2)6-13-9/h6-7H,4-5H2,1-3H3. The lowest BCUT2D eigenvalue weighted by atomic mass is 10.3. The number of rotatable bonds is 4. The summed E-state index contributed by atoms with van der Waals surface area (Å²) in [6.07, 6.45) is 1.15. The fourth-order valence-electron chi connectivity index (χ4n) is 0.984. The molecule has 74 valence electrons. The lowest BCUT2D eigenvalue weighted by Crippen LogP contribution is -2.20. The van der Waals surface area contributed by atoms with Crippen LogP contribution in [0, 0.1) is 6.92 Å². The molecule has 0 bridgehead atoms. The zero-order chi connectivity index (χ0) is 9.84. The molecule has 1 heterocycles. The maximum Gasteiger partial charge on any atom is 0.185 e. The van der Waals surface area contributed by atoms with Gasteiger partial charge in [-0.15, -0.1) is 11.3 Å². The van der Waals surface area contributed by atoms with Crippen molar-refractivity contribution in [2.75, 3.05) is 18.5 Å². The van der Waals surface area contributed by atoms with Crippen molar-refractivity contribution in [2.45, 2.75) is 25.1 Å². The highest BCUT2D eigenvalue weighted by Gasteiger charge is 2.05. The SMILES string of the molecule is Cc1csc(N(C)CCC(C)Br)n1. The molecule has 0 radical (unpaired) electrons. The van der Waals surface area contributed by atoms with Crippen LogP contribution in [0.2, 0.25) is 0 Å². The molecule has 0 spiro atoms. The fraction of sp³-hybridized carbons (Fsp3) is 0.667. The minimum absolute atomic E-state index is 0.580. The molecule has 1 aromatic rings. The molecule has 1 aromatic heterocycles. The number of alkyl halides is 1. The summed E-state index contributed by atoms with van der Waals surface area (Å²) in [5.41, 5.74) is 1.11. The number of hydrogen-bond acceptors (Lipinski definition) is 3. The van der Waals surface area contributed by atoms with E-state index in [1.165, 1.54) is 0 Å². The second-order valence-electron chi connectivity index (χ2n) is 3.26. The van der Waals surface area contributed by atoms with E-state index in [0.29, 0.717) is 4.83 Å². The summed E-state index contributed by atoms with van der Waals surface area (Å²) in [5, 5.41) is 3.20. The minimum Gasteiger partial charge on any atom is -0.351 e. The van der Waals surface area contributed by atoms with Crippen LogP contribution in [-0.4, -0.2) is 23.4 Å². The van der Waals surface area contributed by atoms with Crippen LogP contribution >= 0.6 is 27.3 Å². The first-order chi connectivity index (χ1) is 6.09. The smallest absolute Gasteiger partial charge is 0.185 e. The second kappa shape index (κ2) is 4.96. The van der Waals surface area contributed by atoms with Gasteiger partial charge in [-0.05, 0) is 13.3 Å². The highest BCUT2D eigenvalue weighted by molar-refractivity contribution is 9.09. The van der Waals surface area contributed by atoms with E-state index in [9.17, 15) is 0 Å². The van der Waals surface area contributed by atoms with E-state index in [2.05, 4.69) is 45.2 Å². The minimum atomic E-state index is 0.580. The highest BCUT2D eigenvalue weighted by Crippen LogP contribution is 2.19. The van der Waals surface area contributed by atoms with E-state index in [1.54, 1.807) is 11.3 Å². The highest BCUT2D eigenvalue weighted by atomic mass is 79.9. The Labute approximate surface area is 92.1 Å². The van der Waals surface area contributed by atoms with Crippen molar-refractivity contribution < 1.29 is 0 Å². The van der Waals surface area contributed by atoms with Gasteiger partial charge >= 0.3 is 0 Å². The maximum atomic E-state index is 4.42. The molecular weight excluding hydrogens is 248 g/mol. The third kappa shape index (κ3) is 3.65. The molecule has 0 saturated heterocycles. The summed E-state index contributed by atoms with van der Waals surface area (Å²) in [6, 6.07) is 0. The van der Waals surface area contributed by atoms with Crippen molar-refractivity contribution in [3.8, 4) is 0 Å². The molecule has 0 aromatic carbocycles. The number of aryl methyl sites for hydroxylation is 1. The van der Waals surface area contributed by atoms with Crippen molar-refractivity contribution in [3.05, 3.63) is 11.1 Å². The van der Waals surface area contributed by atoms with Gasteiger partial charge in [-0.3, -0.25) is 0 Å². The third-order valence-electron chi connectivity index (χ3n) is 1.80. The van der Waals surface area contributed by atoms with Crippen molar-refractivity contribution >= 4 is 32.4 Å². The first kappa shape index (κ1) is 11.0. The molecule has 4 heteroatoms. The zero-order valence-corrected chi connectivity index (χ0v) is 10.7. The van der Waals surface area contributed by atoms with Crippen LogP contribution in [0.1, 0.15) is 19.0 Å². The summed E-state index contributed by atoms with van der Waals surface area (Å²) < 4.78 is 0. The van der Waals surface area contributed by atoms with Gasteiger partial charge in [-0.2, -0.15) is 0 Å². The molecule has 0 aliphatic heterocycles. The molecule has 13 heavy (non-hydrogen) atoms. The van der Waals surface area contributed by atoms with E-state index in [4.69, 9.17) is 0 Å². The average Bonchev–Trinajstić information content (AvgIpc) is 2.47. The van der Waals surface area contributed by atoms with Gasteiger partial charge in [0.1, 0.15) is 0 Å². The molecule has 1 rings (SSSR count). The van der Waals surface area contributed by atoms with Crippen molar-refractivity contribution in [1.29, 1.82) is 0 Å². The van der Waals surface area contributed by atoms with Crippen molar-refractivity contribution in [1.82, 2.24) is 4.98 Å². The predicted octanol–water partition coefficient (Wildman–Crippen LogP) is 3.06. The Morgan fingerprint density at radius 3 is 2.85 bits per heavy atom. The topological polar surface area (TPSA) is 16.1 Å². The number of nitrogens with zero attached hydrogens (tertiary/aromatic N) is 2. The number of halogens is 1. The van der Waals surface area contributed by atoms with Crippen molar-refractivity contribution in [3.63, 3.8) is 0 Å². The lowest BCUT2D eigenvalue weighted by molar-refractivity contribution is 0.784. The van der Waals surface area contributed by atoms with Crippen LogP contribution in [0.15, 0.2) is 5.38 Å². The Morgan fingerprint density at radius 2 is 2.38 bits per heavy atom. The number of hydrogen-bond donors (Lipinski definition) is 0. The Morgan fingerprint density at radius 1 is 1.69 bits per heavy atom. The summed E-state index contributed by atoms with van der Waals surface area (Å²) in [4.78, 5) is 7.20. The van der Waals surface area contributed by atoms with Gasteiger partial charge in [0.05, 0.1) is 5.69 Å². The Bertz CT molecular complexity index is 260. The van der Waals surface area contributed by atoms with Crippen molar-refractivity contribution in [2.24, 2.45) is 0 Å². The van der Waals surface area contributed by atoms with Gasteiger partial charge in [-0.25, -0.2) is 4.98 Å². The van der Waals surface area contributed by atoms with Crippen LogP contribution < -0.4 is 4.90 Å². The van der Waals surface area contributed by atoms with Crippen LogP contribution in [0.5, 0.6) is 0 Å². The van der Waals surface area contributed by atoms with Crippen LogP contribution in [-0.2, 0) is 0 Å². The van der Waals surface area contributed by atoms with E-state index < -0.39 is 0 Å². The van der Waals surface area contributed by atoms with E-state index >= 15 is 0 Å². The molecule has 1 atom stereocenters. The summed E-state index contributed by atoms with van der Waals surface area (Å²) in [7, 11) is 2.09. The zero-order valence-electron chi connectivity index (χ0n) is 8.25. The first-order valence-electron chi connectivity index (χ1n) is 4.37. The molecule has 0 aliphatic rings. The lowest BCUT2D eigenvalue weighted by Gasteiger charge is -2.16. The molecule has 2 nitrogen and oxygen atoms in total. The molecule has 0 aliphatic carbocycles. The largest absolute Gasteiger partial charge is 0.351 e. The van der Waals surface area contributed by atoms with E-state index in [1.807, 2.05) is 6.92 Å². The average molecular weight is 263 g/mol. The molecule has 0 amide bonds. The van der Waals surface area contributed by atoms with Crippen LogP contribution in [0.3, 0.4) is 0 Å². The van der Waals surface area contributed by atoms with Gasteiger partial charge in [0, 0.05) is 23.8 Å².